The van der Waals surface area contributed by atoms with Gasteiger partial charge in [-0.15, -0.1) is 0 Å². The molecule has 2 rings (SSSR count). The lowest BCUT2D eigenvalue weighted by Crippen LogP contribution is -2.45. The number of nitrogens with one attached hydrogen (secondary N) is 2. The van der Waals surface area contributed by atoms with E-state index < -0.39 is 0 Å². The van der Waals surface area contributed by atoms with Crippen LogP contribution >= 0.6 is 0 Å². The van der Waals surface area contributed by atoms with Crippen LogP contribution in [0.15, 0.2) is 24.3 Å². The first-order chi connectivity index (χ1) is 9.15. The van der Waals surface area contributed by atoms with Crippen LogP contribution in [0.3, 0.4) is 0 Å². The lowest BCUT2D eigenvalue weighted by atomic mass is 10.1. The highest BCUT2D eigenvalue weighted by molar-refractivity contribution is 5.74. The van der Waals surface area contributed by atoms with Crippen LogP contribution in [-0.4, -0.2) is 24.8 Å². The predicted octanol–water partition coefficient (Wildman–Crippen LogP) is 2.19. The molecule has 1 saturated heterocycles. The number of carbonyl (C=O) groups excluding carboxylic acids is 1. The average Bonchev–Trinajstić information content (AvgIpc) is 2.92. The Morgan fingerprint density at radius 1 is 1.47 bits per heavy atom. The SMILES string of the molecule is C[C@H](NC(=O)NCc1ccc(F)cc1)[C@@H]1CCCO1. The molecule has 19 heavy (non-hydrogen) atoms. The van der Waals surface area contributed by atoms with E-state index in [9.17, 15) is 9.18 Å². The van der Waals surface area contributed by atoms with Crippen LogP contribution in [0.5, 0.6) is 0 Å². The molecule has 0 aromatic heterocycles. The molecule has 1 aromatic carbocycles. The number of hydrogen-bond donors (Lipinski definition) is 2. The molecule has 1 aromatic rings. The minimum atomic E-state index is -0.278. The van der Waals surface area contributed by atoms with Gasteiger partial charge in [-0.05, 0) is 37.5 Å². The monoisotopic (exact) mass is 266 g/mol. The van der Waals surface area contributed by atoms with Crippen molar-refractivity contribution in [3.8, 4) is 0 Å². The summed E-state index contributed by atoms with van der Waals surface area (Å²) in [6, 6.07) is 5.83. The first kappa shape index (κ1) is 13.8. The third-order valence-electron chi connectivity index (χ3n) is 3.25. The summed E-state index contributed by atoms with van der Waals surface area (Å²) < 4.78 is 18.2. The van der Waals surface area contributed by atoms with Crippen LogP contribution in [0.2, 0.25) is 0 Å². The Balaban J connectivity index is 1.73. The largest absolute Gasteiger partial charge is 0.376 e. The number of urea groups is 1. The molecule has 1 heterocycles. The highest BCUT2D eigenvalue weighted by Gasteiger charge is 2.23. The Kier molecular flexibility index (Phi) is 4.74. The Morgan fingerprint density at radius 3 is 2.84 bits per heavy atom. The quantitative estimate of drug-likeness (QED) is 0.877. The zero-order valence-electron chi connectivity index (χ0n) is 11.0. The molecule has 1 aliphatic heterocycles. The zero-order chi connectivity index (χ0) is 13.7. The molecule has 0 unspecified atom stereocenters. The maximum atomic E-state index is 12.7. The maximum Gasteiger partial charge on any atom is 0.315 e. The second-order valence-electron chi connectivity index (χ2n) is 4.79. The van der Waals surface area contributed by atoms with Crippen molar-refractivity contribution in [2.75, 3.05) is 6.61 Å². The summed E-state index contributed by atoms with van der Waals surface area (Å²) in [5, 5.41) is 5.60. The molecule has 2 atom stereocenters. The molecule has 2 N–H and O–H groups in total. The van der Waals surface area contributed by atoms with E-state index in [1.807, 2.05) is 6.92 Å². The molecule has 0 saturated carbocycles. The van der Waals surface area contributed by atoms with Gasteiger partial charge in [0.05, 0.1) is 12.1 Å². The molecule has 1 fully saturated rings. The van der Waals surface area contributed by atoms with Crippen molar-refractivity contribution in [3.05, 3.63) is 35.6 Å². The van der Waals surface area contributed by atoms with Crippen LogP contribution in [0.4, 0.5) is 9.18 Å². The molecule has 104 valence electrons. The van der Waals surface area contributed by atoms with Gasteiger partial charge in [0.2, 0.25) is 0 Å². The van der Waals surface area contributed by atoms with Crippen molar-refractivity contribution in [3.63, 3.8) is 0 Å². The van der Waals surface area contributed by atoms with Crippen LogP contribution in [0, 0.1) is 5.82 Å². The lowest BCUT2D eigenvalue weighted by molar-refractivity contribution is 0.0860. The zero-order valence-corrected chi connectivity index (χ0v) is 11.0. The van der Waals surface area contributed by atoms with Gasteiger partial charge >= 0.3 is 6.03 Å². The number of halogens is 1. The van der Waals surface area contributed by atoms with Gasteiger partial charge in [0, 0.05) is 13.2 Å². The fraction of sp³-hybridized carbons (Fsp3) is 0.500. The first-order valence-corrected chi connectivity index (χ1v) is 6.55. The van der Waals surface area contributed by atoms with Crippen molar-refractivity contribution in [1.82, 2.24) is 10.6 Å². The molecule has 1 aliphatic rings. The number of benzene rings is 1. The molecule has 0 bridgehead atoms. The van der Waals surface area contributed by atoms with Crippen molar-refractivity contribution >= 4 is 6.03 Å². The van der Waals surface area contributed by atoms with E-state index in [1.165, 1.54) is 12.1 Å². The molecule has 0 spiro atoms. The first-order valence-electron chi connectivity index (χ1n) is 6.55. The minimum absolute atomic E-state index is 0.00396. The molecular formula is C14H19FN2O2. The topological polar surface area (TPSA) is 50.4 Å². The highest BCUT2D eigenvalue weighted by atomic mass is 19.1. The number of rotatable bonds is 4. The van der Waals surface area contributed by atoms with Gasteiger partial charge in [0.1, 0.15) is 5.82 Å². The number of ether oxygens (including phenoxy) is 1. The lowest BCUT2D eigenvalue weighted by Gasteiger charge is -2.20. The minimum Gasteiger partial charge on any atom is -0.376 e. The van der Waals surface area contributed by atoms with Gasteiger partial charge in [-0.3, -0.25) is 0 Å². The maximum absolute atomic E-state index is 12.7. The van der Waals surface area contributed by atoms with Crippen molar-refractivity contribution < 1.29 is 13.9 Å². The Labute approximate surface area is 112 Å². The van der Waals surface area contributed by atoms with Gasteiger partial charge in [-0.2, -0.15) is 0 Å². The van der Waals surface area contributed by atoms with Gasteiger partial charge in [0.15, 0.2) is 0 Å². The summed E-state index contributed by atoms with van der Waals surface area (Å²) in [4.78, 5) is 11.7. The summed E-state index contributed by atoms with van der Waals surface area (Å²) in [5.41, 5.74) is 0.862. The number of carbonyl (C=O) groups is 1. The second-order valence-corrected chi connectivity index (χ2v) is 4.79. The van der Waals surface area contributed by atoms with Crippen molar-refractivity contribution in [2.45, 2.75) is 38.5 Å². The van der Waals surface area contributed by atoms with Crippen LogP contribution in [0.25, 0.3) is 0 Å². The summed E-state index contributed by atoms with van der Waals surface area (Å²) in [6.45, 7) is 3.09. The van der Waals surface area contributed by atoms with Gasteiger partial charge in [0.25, 0.3) is 0 Å². The van der Waals surface area contributed by atoms with E-state index in [0.29, 0.717) is 6.54 Å². The van der Waals surface area contributed by atoms with E-state index in [2.05, 4.69) is 10.6 Å². The van der Waals surface area contributed by atoms with Crippen molar-refractivity contribution in [2.24, 2.45) is 0 Å². The summed E-state index contributed by atoms with van der Waals surface area (Å²) in [5.74, 6) is -0.278. The molecule has 4 nitrogen and oxygen atoms in total. The summed E-state index contributed by atoms with van der Waals surface area (Å²) >= 11 is 0. The van der Waals surface area contributed by atoms with Gasteiger partial charge in [-0.1, -0.05) is 12.1 Å². The van der Waals surface area contributed by atoms with Gasteiger partial charge in [-0.25, -0.2) is 9.18 Å². The second kappa shape index (κ2) is 6.52. The molecule has 0 radical (unpaired) electrons. The third-order valence-corrected chi connectivity index (χ3v) is 3.25. The smallest absolute Gasteiger partial charge is 0.315 e. The fourth-order valence-corrected chi connectivity index (χ4v) is 2.13. The van der Waals surface area contributed by atoms with Crippen LogP contribution in [0.1, 0.15) is 25.3 Å². The van der Waals surface area contributed by atoms with Gasteiger partial charge < -0.3 is 15.4 Å². The summed E-state index contributed by atoms with van der Waals surface area (Å²) in [7, 11) is 0. The molecule has 0 aliphatic carbocycles. The van der Waals surface area contributed by atoms with Crippen LogP contribution < -0.4 is 10.6 Å². The highest BCUT2D eigenvalue weighted by Crippen LogP contribution is 2.15. The summed E-state index contributed by atoms with van der Waals surface area (Å²) in [6.07, 6.45) is 2.14. The standard InChI is InChI=1S/C14H19FN2O2/c1-10(13-3-2-8-19-13)17-14(18)16-9-11-4-6-12(15)7-5-11/h4-7,10,13H,2-3,8-9H2,1H3,(H2,16,17,18)/t10-,13-/m0/s1. The fourth-order valence-electron chi connectivity index (χ4n) is 2.13. The Hall–Kier alpha value is -1.62. The number of amides is 2. The normalized spacial score (nSPS) is 20.0. The predicted molar refractivity (Wildman–Crippen MR) is 70.2 cm³/mol. The Bertz CT molecular complexity index is 416. The van der Waals surface area contributed by atoms with E-state index >= 15 is 0 Å². The van der Waals surface area contributed by atoms with E-state index in [1.54, 1.807) is 12.1 Å². The average molecular weight is 266 g/mol. The molecule has 2 amide bonds. The molecule has 5 heteroatoms. The van der Waals surface area contributed by atoms with Crippen LogP contribution in [-0.2, 0) is 11.3 Å². The van der Waals surface area contributed by atoms with E-state index in [-0.39, 0.29) is 24.0 Å². The van der Waals surface area contributed by atoms with Crippen molar-refractivity contribution in [1.29, 1.82) is 0 Å². The number of hydrogen-bond acceptors (Lipinski definition) is 2. The third kappa shape index (κ3) is 4.21. The van der Waals surface area contributed by atoms with E-state index in [4.69, 9.17) is 4.74 Å². The molecular weight excluding hydrogens is 247 g/mol. The van der Waals surface area contributed by atoms with E-state index in [0.717, 1.165) is 25.0 Å². The Morgan fingerprint density at radius 2 is 2.21 bits per heavy atom.